The molecule has 1 aromatic heterocycles. The molecule has 0 atom stereocenters. The van der Waals surface area contributed by atoms with Crippen LogP contribution < -0.4 is 0 Å². The quantitative estimate of drug-likeness (QED) is 0.837. The van der Waals surface area contributed by atoms with Crippen molar-refractivity contribution in [1.29, 1.82) is 0 Å². The normalized spacial score (nSPS) is 10.9. The van der Waals surface area contributed by atoms with Gasteiger partial charge in [-0.25, -0.2) is 0 Å². The Kier molecular flexibility index (Phi) is 4.71. The molecule has 20 heavy (non-hydrogen) atoms. The number of carbonyl (C=O) groups excluding carboxylic acids is 1. The number of likely N-dealkylation sites (N-methyl/N-ethyl adjacent to an activating group) is 1. The highest BCUT2D eigenvalue weighted by molar-refractivity contribution is 5.92. The first-order valence-electron chi connectivity index (χ1n) is 6.71. The maximum atomic E-state index is 12.3. The van der Waals surface area contributed by atoms with Gasteiger partial charge in [-0.3, -0.25) is 9.48 Å². The fourth-order valence-electron chi connectivity index (χ4n) is 1.96. The number of carbonyl (C=O) groups is 1. The molecule has 4 nitrogen and oxygen atoms in total. The lowest BCUT2D eigenvalue weighted by Gasteiger charge is -2.15. The first-order valence-corrected chi connectivity index (χ1v) is 6.71. The van der Waals surface area contributed by atoms with Crippen LogP contribution in [0, 0.1) is 0 Å². The standard InChI is InChI=1S/C16H19N3O/c1-3-19-15(11-12-17-19)16(20)18(2)13-7-10-14-8-5-4-6-9-14/h4-12H,3,13H2,1-2H3/b10-7+. The van der Waals surface area contributed by atoms with Crippen molar-refractivity contribution in [2.45, 2.75) is 13.5 Å². The molecule has 1 amide bonds. The Morgan fingerprint density at radius 1 is 1.30 bits per heavy atom. The van der Waals surface area contributed by atoms with Gasteiger partial charge in [0.2, 0.25) is 0 Å². The van der Waals surface area contributed by atoms with E-state index in [1.807, 2.05) is 49.4 Å². The Bertz CT molecular complexity index is 587. The molecule has 0 spiro atoms. The Morgan fingerprint density at radius 3 is 2.75 bits per heavy atom. The van der Waals surface area contributed by atoms with Gasteiger partial charge in [0.25, 0.3) is 5.91 Å². The lowest BCUT2D eigenvalue weighted by atomic mass is 10.2. The van der Waals surface area contributed by atoms with E-state index < -0.39 is 0 Å². The second-order valence-electron chi connectivity index (χ2n) is 4.53. The van der Waals surface area contributed by atoms with Crippen LogP contribution in [0.5, 0.6) is 0 Å². The SMILES string of the molecule is CCn1nccc1C(=O)N(C)C/C=C/c1ccccc1. The molecule has 104 valence electrons. The van der Waals surface area contributed by atoms with Crippen LogP contribution in [0.25, 0.3) is 6.08 Å². The van der Waals surface area contributed by atoms with Gasteiger partial charge in [-0.15, -0.1) is 0 Å². The molecule has 0 radical (unpaired) electrons. The minimum atomic E-state index is -0.0120. The van der Waals surface area contributed by atoms with E-state index in [0.717, 1.165) is 5.56 Å². The zero-order chi connectivity index (χ0) is 14.4. The molecule has 2 aromatic rings. The van der Waals surface area contributed by atoms with Gasteiger partial charge in [-0.1, -0.05) is 42.5 Å². The third-order valence-electron chi connectivity index (χ3n) is 3.07. The van der Waals surface area contributed by atoms with Crippen molar-refractivity contribution in [2.75, 3.05) is 13.6 Å². The van der Waals surface area contributed by atoms with E-state index in [4.69, 9.17) is 0 Å². The monoisotopic (exact) mass is 269 g/mol. The molecular formula is C16H19N3O. The largest absolute Gasteiger partial charge is 0.337 e. The summed E-state index contributed by atoms with van der Waals surface area (Å²) in [5.74, 6) is -0.0120. The lowest BCUT2D eigenvalue weighted by Crippen LogP contribution is -2.29. The van der Waals surface area contributed by atoms with Crippen molar-refractivity contribution < 1.29 is 4.79 Å². The molecule has 0 aliphatic rings. The number of aromatic nitrogens is 2. The molecule has 0 saturated carbocycles. The highest BCUT2D eigenvalue weighted by Gasteiger charge is 2.14. The number of hydrogen-bond acceptors (Lipinski definition) is 2. The second kappa shape index (κ2) is 6.70. The molecule has 1 heterocycles. The summed E-state index contributed by atoms with van der Waals surface area (Å²) in [6.07, 6.45) is 5.66. The smallest absolute Gasteiger partial charge is 0.272 e. The van der Waals surface area contributed by atoms with Gasteiger partial charge in [-0.2, -0.15) is 5.10 Å². The summed E-state index contributed by atoms with van der Waals surface area (Å²) in [6, 6.07) is 11.8. The van der Waals surface area contributed by atoms with E-state index in [9.17, 15) is 4.79 Å². The van der Waals surface area contributed by atoms with Crippen molar-refractivity contribution >= 4 is 12.0 Å². The Balaban J connectivity index is 1.97. The number of hydrogen-bond donors (Lipinski definition) is 0. The van der Waals surface area contributed by atoms with Crippen molar-refractivity contribution in [3.8, 4) is 0 Å². The van der Waals surface area contributed by atoms with Gasteiger partial charge >= 0.3 is 0 Å². The van der Waals surface area contributed by atoms with Gasteiger partial charge in [0, 0.05) is 26.3 Å². The molecule has 0 aliphatic heterocycles. The van der Waals surface area contributed by atoms with E-state index >= 15 is 0 Å². The average Bonchev–Trinajstić information content (AvgIpc) is 2.96. The van der Waals surface area contributed by atoms with Crippen molar-refractivity contribution in [3.63, 3.8) is 0 Å². The van der Waals surface area contributed by atoms with E-state index in [1.54, 1.807) is 28.9 Å². The number of benzene rings is 1. The van der Waals surface area contributed by atoms with E-state index in [2.05, 4.69) is 5.10 Å². The van der Waals surface area contributed by atoms with Gasteiger partial charge in [0.1, 0.15) is 5.69 Å². The van der Waals surface area contributed by atoms with Crippen LogP contribution in [0.4, 0.5) is 0 Å². The molecular weight excluding hydrogens is 250 g/mol. The summed E-state index contributed by atoms with van der Waals surface area (Å²) in [4.78, 5) is 13.9. The van der Waals surface area contributed by atoms with Gasteiger partial charge in [-0.05, 0) is 18.6 Å². The predicted octanol–water partition coefficient (Wildman–Crippen LogP) is 2.69. The Morgan fingerprint density at radius 2 is 2.05 bits per heavy atom. The predicted molar refractivity (Wildman–Crippen MR) is 80.3 cm³/mol. The molecule has 4 heteroatoms. The minimum Gasteiger partial charge on any atom is -0.337 e. The van der Waals surface area contributed by atoms with Crippen LogP contribution in [0.1, 0.15) is 23.0 Å². The summed E-state index contributed by atoms with van der Waals surface area (Å²) in [7, 11) is 1.80. The molecule has 0 fully saturated rings. The maximum Gasteiger partial charge on any atom is 0.272 e. The Labute approximate surface area is 119 Å². The molecule has 0 bridgehead atoms. The van der Waals surface area contributed by atoms with Crippen LogP contribution in [-0.4, -0.2) is 34.2 Å². The summed E-state index contributed by atoms with van der Waals surface area (Å²) in [5, 5.41) is 4.12. The molecule has 0 N–H and O–H groups in total. The van der Waals surface area contributed by atoms with Crippen LogP contribution in [0.2, 0.25) is 0 Å². The van der Waals surface area contributed by atoms with Crippen LogP contribution >= 0.6 is 0 Å². The first-order chi connectivity index (χ1) is 9.72. The fourth-order valence-corrected chi connectivity index (χ4v) is 1.96. The third kappa shape index (κ3) is 3.35. The van der Waals surface area contributed by atoms with E-state index in [1.165, 1.54) is 0 Å². The van der Waals surface area contributed by atoms with Gasteiger partial charge in [0.05, 0.1) is 0 Å². The summed E-state index contributed by atoms with van der Waals surface area (Å²) < 4.78 is 1.71. The molecule has 0 saturated heterocycles. The minimum absolute atomic E-state index is 0.0120. The highest BCUT2D eigenvalue weighted by Crippen LogP contribution is 2.05. The van der Waals surface area contributed by atoms with Gasteiger partial charge in [0.15, 0.2) is 0 Å². The molecule has 1 aromatic carbocycles. The van der Waals surface area contributed by atoms with Crippen LogP contribution in [-0.2, 0) is 6.54 Å². The van der Waals surface area contributed by atoms with E-state index in [0.29, 0.717) is 18.8 Å². The lowest BCUT2D eigenvalue weighted by molar-refractivity contribution is 0.0798. The van der Waals surface area contributed by atoms with Crippen molar-refractivity contribution in [1.82, 2.24) is 14.7 Å². The zero-order valence-electron chi connectivity index (χ0n) is 11.9. The van der Waals surface area contributed by atoms with Gasteiger partial charge < -0.3 is 4.90 Å². The molecule has 2 rings (SSSR count). The van der Waals surface area contributed by atoms with Crippen LogP contribution in [0.15, 0.2) is 48.7 Å². The highest BCUT2D eigenvalue weighted by atomic mass is 16.2. The molecule has 0 aliphatic carbocycles. The van der Waals surface area contributed by atoms with Crippen molar-refractivity contribution in [2.24, 2.45) is 0 Å². The topological polar surface area (TPSA) is 38.1 Å². The summed E-state index contributed by atoms with van der Waals surface area (Å²) in [6.45, 7) is 3.24. The summed E-state index contributed by atoms with van der Waals surface area (Å²) in [5.41, 5.74) is 1.76. The summed E-state index contributed by atoms with van der Waals surface area (Å²) >= 11 is 0. The Hall–Kier alpha value is -2.36. The molecule has 0 unspecified atom stereocenters. The van der Waals surface area contributed by atoms with Crippen LogP contribution in [0.3, 0.4) is 0 Å². The van der Waals surface area contributed by atoms with E-state index in [-0.39, 0.29) is 5.91 Å². The number of amides is 1. The van der Waals surface area contributed by atoms with Crippen molar-refractivity contribution in [3.05, 3.63) is 59.9 Å². The first kappa shape index (κ1) is 14.1. The zero-order valence-corrected chi connectivity index (χ0v) is 11.9. The average molecular weight is 269 g/mol. The number of aryl methyl sites for hydroxylation is 1. The second-order valence-corrected chi connectivity index (χ2v) is 4.53. The fraction of sp³-hybridized carbons (Fsp3) is 0.250. The number of nitrogens with zero attached hydrogens (tertiary/aromatic N) is 3. The maximum absolute atomic E-state index is 12.3. The number of rotatable bonds is 5. The third-order valence-corrected chi connectivity index (χ3v) is 3.07.